The summed E-state index contributed by atoms with van der Waals surface area (Å²) >= 11 is 0. The van der Waals surface area contributed by atoms with Crippen molar-refractivity contribution < 1.29 is 4.79 Å². The van der Waals surface area contributed by atoms with Crippen molar-refractivity contribution in [3.63, 3.8) is 0 Å². The second-order valence-corrected chi connectivity index (χ2v) is 5.20. The van der Waals surface area contributed by atoms with Gasteiger partial charge in [-0.15, -0.1) is 0 Å². The fraction of sp³-hybridized carbons (Fsp3) is 0.533. The van der Waals surface area contributed by atoms with E-state index < -0.39 is 0 Å². The zero-order valence-corrected chi connectivity index (χ0v) is 11.8. The highest BCUT2D eigenvalue weighted by atomic mass is 16.1. The number of rotatable bonds is 6. The maximum absolute atomic E-state index is 11.7. The summed E-state index contributed by atoms with van der Waals surface area (Å²) < 4.78 is 0. The van der Waals surface area contributed by atoms with Gasteiger partial charge in [-0.05, 0) is 49.6 Å². The van der Waals surface area contributed by atoms with Crippen LogP contribution in [0.15, 0.2) is 18.2 Å². The number of nitrogens with one attached hydrogen (secondary N) is 2. The van der Waals surface area contributed by atoms with Gasteiger partial charge in [0.2, 0.25) is 5.91 Å². The Morgan fingerprint density at radius 3 is 2.56 bits per heavy atom. The first-order chi connectivity index (χ1) is 8.49. The minimum absolute atomic E-state index is 0.0644. The molecule has 0 aliphatic rings. The summed E-state index contributed by atoms with van der Waals surface area (Å²) in [4.78, 5) is 11.7. The number of amides is 1. The molecule has 3 nitrogen and oxygen atoms in total. The van der Waals surface area contributed by atoms with E-state index in [1.807, 2.05) is 18.2 Å². The zero-order chi connectivity index (χ0) is 13.5. The number of aryl methyl sites for hydroxylation is 2. The zero-order valence-electron chi connectivity index (χ0n) is 11.8. The molecule has 0 radical (unpaired) electrons. The molecule has 0 heterocycles. The Labute approximate surface area is 110 Å². The second-order valence-electron chi connectivity index (χ2n) is 5.20. The average molecular weight is 248 g/mol. The lowest BCUT2D eigenvalue weighted by atomic mass is 10.1. The molecule has 1 aromatic carbocycles. The van der Waals surface area contributed by atoms with Gasteiger partial charge in [0.15, 0.2) is 0 Å². The third-order valence-corrected chi connectivity index (χ3v) is 2.87. The van der Waals surface area contributed by atoms with Gasteiger partial charge in [0.1, 0.15) is 0 Å². The average Bonchev–Trinajstić information content (AvgIpc) is 2.29. The van der Waals surface area contributed by atoms with Gasteiger partial charge in [-0.25, -0.2) is 0 Å². The molecule has 0 aliphatic carbocycles. The van der Waals surface area contributed by atoms with Crippen LogP contribution in [0.4, 0.5) is 5.69 Å². The minimum atomic E-state index is 0.0644. The van der Waals surface area contributed by atoms with Crippen molar-refractivity contribution in [3.05, 3.63) is 29.3 Å². The van der Waals surface area contributed by atoms with Crippen molar-refractivity contribution >= 4 is 11.6 Å². The molecule has 0 aliphatic heterocycles. The van der Waals surface area contributed by atoms with Crippen molar-refractivity contribution in [2.45, 2.75) is 34.1 Å². The van der Waals surface area contributed by atoms with E-state index in [-0.39, 0.29) is 5.91 Å². The fourth-order valence-corrected chi connectivity index (χ4v) is 1.64. The number of hydrogen-bond acceptors (Lipinski definition) is 2. The van der Waals surface area contributed by atoms with Crippen LogP contribution < -0.4 is 10.6 Å². The van der Waals surface area contributed by atoms with Gasteiger partial charge in [0.05, 0.1) is 0 Å². The summed E-state index contributed by atoms with van der Waals surface area (Å²) in [5.41, 5.74) is 3.32. The van der Waals surface area contributed by atoms with Gasteiger partial charge in [0, 0.05) is 18.7 Å². The van der Waals surface area contributed by atoms with E-state index in [4.69, 9.17) is 0 Å². The monoisotopic (exact) mass is 248 g/mol. The van der Waals surface area contributed by atoms with Crippen LogP contribution in [0.5, 0.6) is 0 Å². The predicted molar refractivity (Wildman–Crippen MR) is 76.9 cm³/mol. The normalized spacial score (nSPS) is 10.7. The highest BCUT2D eigenvalue weighted by molar-refractivity contribution is 5.90. The van der Waals surface area contributed by atoms with Gasteiger partial charge in [-0.2, -0.15) is 0 Å². The van der Waals surface area contributed by atoms with Crippen LogP contribution in [0.2, 0.25) is 0 Å². The maximum atomic E-state index is 11.7. The molecule has 2 N–H and O–H groups in total. The van der Waals surface area contributed by atoms with Crippen LogP contribution in [0.1, 0.15) is 31.4 Å². The Morgan fingerprint density at radius 2 is 1.94 bits per heavy atom. The molecule has 0 saturated heterocycles. The number of carbonyl (C=O) groups excluding carboxylic acids is 1. The Bertz CT molecular complexity index is 399. The van der Waals surface area contributed by atoms with Crippen molar-refractivity contribution in [1.82, 2.24) is 5.32 Å². The van der Waals surface area contributed by atoms with Gasteiger partial charge < -0.3 is 10.6 Å². The highest BCUT2D eigenvalue weighted by Gasteiger charge is 2.03. The smallest absolute Gasteiger partial charge is 0.225 e. The molecule has 0 bridgehead atoms. The lowest BCUT2D eigenvalue weighted by Crippen LogP contribution is -2.24. The lowest BCUT2D eigenvalue weighted by Gasteiger charge is -2.09. The van der Waals surface area contributed by atoms with Crippen LogP contribution in [-0.4, -0.2) is 19.0 Å². The summed E-state index contributed by atoms with van der Waals surface area (Å²) in [6, 6.07) is 5.98. The molecule has 0 aromatic heterocycles. The van der Waals surface area contributed by atoms with E-state index in [1.165, 1.54) is 11.1 Å². The molecular formula is C15H24N2O. The van der Waals surface area contributed by atoms with Gasteiger partial charge >= 0.3 is 0 Å². The predicted octanol–water partition coefficient (Wildman–Crippen LogP) is 2.88. The number of benzene rings is 1. The molecule has 0 unspecified atom stereocenters. The van der Waals surface area contributed by atoms with Crippen LogP contribution in [0.25, 0.3) is 0 Å². The second kappa shape index (κ2) is 7.17. The molecule has 1 rings (SSSR count). The van der Waals surface area contributed by atoms with Crippen molar-refractivity contribution in [2.75, 3.05) is 18.4 Å². The van der Waals surface area contributed by atoms with E-state index >= 15 is 0 Å². The van der Waals surface area contributed by atoms with Crippen LogP contribution >= 0.6 is 0 Å². The molecule has 100 valence electrons. The summed E-state index contributed by atoms with van der Waals surface area (Å²) in [5.74, 6) is 0.683. The Hall–Kier alpha value is -1.35. The van der Waals surface area contributed by atoms with Crippen molar-refractivity contribution in [2.24, 2.45) is 5.92 Å². The maximum Gasteiger partial charge on any atom is 0.225 e. The Morgan fingerprint density at radius 1 is 1.22 bits per heavy atom. The number of carbonyl (C=O) groups is 1. The van der Waals surface area contributed by atoms with Crippen LogP contribution in [-0.2, 0) is 4.79 Å². The standard InChI is InChI=1S/C15H24N2O/c1-11(2)10-16-8-7-15(18)17-14-6-5-12(3)13(4)9-14/h5-6,9,11,16H,7-8,10H2,1-4H3,(H,17,18). The summed E-state index contributed by atoms with van der Waals surface area (Å²) in [5, 5.41) is 6.18. The molecule has 0 saturated carbocycles. The molecule has 0 spiro atoms. The van der Waals surface area contributed by atoms with E-state index in [0.29, 0.717) is 12.3 Å². The molecular weight excluding hydrogens is 224 g/mol. The van der Waals surface area contributed by atoms with E-state index in [0.717, 1.165) is 18.8 Å². The van der Waals surface area contributed by atoms with Gasteiger partial charge in [0.25, 0.3) is 0 Å². The third-order valence-electron chi connectivity index (χ3n) is 2.87. The topological polar surface area (TPSA) is 41.1 Å². The lowest BCUT2D eigenvalue weighted by molar-refractivity contribution is -0.116. The number of anilines is 1. The molecule has 0 atom stereocenters. The van der Waals surface area contributed by atoms with Gasteiger partial charge in [-0.3, -0.25) is 4.79 Å². The molecule has 1 aromatic rings. The third kappa shape index (κ3) is 5.32. The van der Waals surface area contributed by atoms with Crippen molar-refractivity contribution in [3.8, 4) is 0 Å². The van der Waals surface area contributed by atoms with E-state index in [1.54, 1.807) is 0 Å². The largest absolute Gasteiger partial charge is 0.326 e. The van der Waals surface area contributed by atoms with Crippen LogP contribution in [0.3, 0.4) is 0 Å². The van der Waals surface area contributed by atoms with Crippen molar-refractivity contribution in [1.29, 1.82) is 0 Å². The van der Waals surface area contributed by atoms with E-state index in [2.05, 4.69) is 38.3 Å². The number of hydrogen-bond donors (Lipinski definition) is 2. The molecule has 3 heteroatoms. The molecule has 0 fully saturated rings. The van der Waals surface area contributed by atoms with E-state index in [9.17, 15) is 4.79 Å². The Kier molecular flexibility index (Phi) is 5.86. The summed E-state index contributed by atoms with van der Waals surface area (Å²) in [7, 11) is 0. The first-order valence-electron chi connectivity index (χ1n) is 6.57. The molecule has 1 amide bonds. The highest BCUT2D eigenvalue weighted by Crippen LogP contribution is 2.14. The fourth-order valence-electron chi connectivity index (χ4n) is 1.64. The van der Waals surface area contributed by atoms with Crippen LogP contribution in [0, 0.1) is 19.8 Å². The first-order valence-corrected chi connectivity index (χ1v) is 6.57. The minimum Gasteiger partial charge on any atom is -0.326 e. The Balaban J connectivity index is 2.33. The first kappa shape index (κ1) is 14.7. The summed E-state index contributed by atoms with van der Waals surface area (Å²) in [6.07, 6.45) is 0.514. The quantitative estimate of drug-likeness (QED) is 0.760. The van der Waals surface area contributed by atoms with Gasteiger partial charge in [-0.1, -0.05) is 19.9 Å². The molecule has 18 heavy (non-hydrogen) atoms. The summed E-state index contributed by atoms with van der Waals surface area (Å²) in [6.45, 7) is 10.1. The SMILES string of the molecule is Cc1ccc(NC(=O)CCNCC(C)C)cc1C.